The van der Waals surface area contributed by atoms with Crippen LogP contribution in [0, 0.1) is 0 Å². The van der Waals surface area contributed by atoms with Crippen LogP contribution in [-0.2, 0) is 0 Å². The largest absolute Gasteiger partial charge is 0.463 e. The standard InChI is InChI=1S/C22H16Cl2N2O/c23-16-11-17-20-13-19(14-7-3-1-4-8-14)25-26(20)22(15-9-5-2-6-10-15)27-21(17)18(24)12-16/h1-12,20,22H,13H2/t20-,22-/m1/s1. The third kappa shape index (κ3) is 2.88. The minimum atomic E-state index is -0.330. The van der Waals surface area contributed by atoms with Crippen molar-refractivity contribution in [3.05, 3.63) is 99.5 Å². The number of ether oxygens (including phenoxy) is 1. The van der Waals surface area contributed by atoms with E-state index in [1.165, 1.54) is 0 Å². The Labute approximate surface area is 167 Å². The van der Waals surface area contributed by atoms with Gasteiger partial charge in [0.25, 0.3) is 0 Å². The lowest BCUT2D eigenvalue weighted by Gasteiger charge is -2.38. The van der Waals surface area contributed by atoms with Crippen LogP contribution in [0.4, 0.5) is 0 Å². The maximum Gasteiger partial charge on any atom is 0.213 e. The number of fused-ring (bicyclic) bond motifs is 3. The highest BCUT2D eigenvalue weighted by atomic mass is 35.5. The molecule has 0 spiro atoms. The normalized spacial score (nSPS) is 20.5. The van der Waals surface area contributed by atoms with Crippen LogP contribution in [-0.4, -0.2) is 10.7 Å². The fraction of sp³-hybridized carbons (Fsp3) is 0.136. The average molecular weight is 395 g/mol. The van der Waals surface area contributed by atoms with Gasteiger partial charge >= 0.3 is 0 Å². The topological polar surface area (TPSA) is 24.8 Å². The first-order valence-electron chi connectivity index (χ1n) is 8.82. The Balaban J connectivity index is 1.64. The molecule has 2 heterocycles. The highest BCUT2D eigenvalue weighted by Crippen LogP contribution is 2.50. The molecule has 0 radical (unpaired) electrons. The second kappa shape index (κ2) is 6.59. The summed E-state index contributed by atoms with van der Waals surface area (Å²) in [7, 11) is 0. The molecule has 0 bridgehead atoms. The molecule has 2 aliphatic heterocycles. The third-order valence-corrected chi connectivity index (χ3v) is 5.50. The Morgan fingerprint density at radius 2 is 1.63 bits per heavy atom. The predicted molar refractivity (Wildman–Crippen MR) is 108 cm³/mol. The Morgan fingerprint density at radius 1 is 0.926 bits per heavy atom. The monoisotopic (exact) mass is 394 g/mol. The van der Waals surface area contributed by atoms with Crippen LogP contribution in [0.3, 0.4) is 0 Å². The minimum Gasteiger partial charge on any atom is -0.463 e. The quantitative estimate of drug-likeness (QED) is 0.513. The zero-order chi connectivity index (χ0) is 18.4. The Bertz CT molecular complexity index is 1020. The molecule has 27 heavy (non-hydrogen) atoms. The number of nitrogens with zero attached hydrogens (tertiary/aromatic N) is 2. The van der Waals surface area contributed by atoms with Crippen molar-refractivity contribution in [1.82, 2.24) is 5.01 Å². The van der Waals surface area contributed by atoms with Crippen LogP contribution < -0.4 is 4.74 Å². The molecule has 3 aromatic rings. The van der Waals surface area contributed by atoms with Crippen molar-refractivity contribution < 1.29 is 4.74 Å². The summed E-state index contributed by atoms with van der Waals surface area (Å²) in [5.74, 6) is 0.695. The molecule has 2 aliphatic rings. The molecular formula is C22H16Cl2N2O. The number of hydrogen-bond donors (Lipinski definition) is 0. The summed E-state index contributed by atoms with van der Waals surface area (Å²) in [6, 6.07) is 24.0. The van der Waals surface area contributed by atoms with Crippen LogP contribution >= 0.6 is 23.2 Å². The van der Waals surface area contributed by atoms with Gasteiger partial charge in [0.05, 0.1) is 16.8 Å². The van der Waals surface area contributed by atoms with Gasteiger partial charge < -0.3 is 4.74 Å². The van der Waals surface area contributed by atoms with Gasteiger partial charge in [0.1, 0.15) is 5.75 Å². The molecule has 0 saturated heterocycles. The van der Waals surface area contributed by atoms with E-state index in [2.05, 4.69) is 12.1 Å². The second-order valence-corrected chi connectivity index (χ2v) is 7.54. The number of halogens is 2. The van der Waals surface area contributed by atoms with E-state index in [-0.39, 0.29) is 12.3 Å². The summed E-state index contributed by atoms with van der Waals surface area (Å²) >= 11 is 12.8. The van der Waals surface area contributed by atoms with E-state index in [9.17, 15) is 0 Å². The van der Waals surface area contributed by atoms with E-state index in [1.807, 2.05) is 59.6 Å². The molecule has 0 amide bonds. The summed E-state index contributed by atoms with van der Waals surface area (Å²) in [4.78, 5) is 0. The van der Waals surface area contributed by atoms with Gasteiger partial charge in [0.2, 0.25) is 6.23 Å². The molecule has 3 nitrogen and oxygen atoms in total. The van der Waals surface area contributed by atoms with Crippen molar-refractivity contribution in [2.75, 3.05) is 0 Å². The number of hydrazone groups is 1. The Kier molecular flexibility index (Phi) is 4.07. The Hall–Kier alpha value is -2.49. The number of benzene rings is 3. The molecule has 0 unspecified atom stereocenters. The maximum absolute atomic E-state index is 6.48. The first-order valence-corrected chi connectivity index (χ1v) is 9.58. The van der Waals surface area contributed by atoms with E-state index in [0.29, 0.717) is 15.8 Å². The zero-order valence-electron chi connectivity index (χ0n) is 14.3. The van der Waals surface area contributed by atoms with Gasteiger partial charge in [-0.1, -0.05) is 83.9 Å². The van der Waals surface area contributed by atoms with E-state index < -0.39 is 0 Å². The van der Waals surface area contributed by atoms with Crippen molar-refractivity contribution in [2.24, 2.45) is 5.10 Å². The molecular weight excluding hydrogens is 379 g/mol. The fourth-order valence-electron chi connectivity index (χ4n) is 3.76. The van der Waals surface area contributed by atoms with Crippen LogP contribution in [0.2, 0.25) is 10.0 Å². The lowest BCUT2D eigenvalue weighted by Crippen LogP contribution is -2.33. The van der Waals surface area contributed by atoms with Crippen molar-refractivity contribution >= 4 is 28.9 Å². The minimum absolute atomic E-state index is 0.0327. The molecule has 5 rings (SSSR count). The molecule has 0 aliphatic carbocycles. The molecule has 0 aromatic heterocycles. The molecule has 134 valence electrons. The molecule has 5 heteroatoms. The smallest absolute Gasteiger partial charge is 0.213 e. The van der Waals surface area contributed by atoms with Crippen LogP contribution in [0.5, 0.6) is 5.75 Å². The number of hydrogen-bond acceptors (Lipinski definition) is 3. The highest BCUT2D eigenvalue weighted by Gasteiger charge is 2.41. The SMILES string of the molecule is Clc1cc(Cl)c2c(c1)[C@H]1CC(c3ccccc3)=NN1[C@@H](c1ccccc1)O2. The van der Waals surface area contributed by atoms with Crippen molar-refractivity contribution in [3.63, 3.8) is 0 Å². The lowest BCUT2D eigenvalue weighted by molar-refractivity contribution is -0.0189. The predicted octanol–water partition coefficient (Wildman–Crippen LogP) is 6.24. The van der Waals surface area contributed by atoms with E-state index in [0.717, 1.165) is 28.8 Å². The summed E-state index contributed by atoms with van der Waals surface area (Å²) < 4.78 is 6.33. The lowest BCUT2D eigenvalue weighted by atomic mass is 9.96. The van der Waals surface area contributed by atoms with E-state index in [4.69, 9.17) is 33.0 Å². The van der Waals surface area contributed by atoms with Crippen molar-refractivity contribution in [3.8, 4) is 5.75 Å². The van der Waals surface area contributed by atoms with E-state index in [1.54, 1.807) is 6.07 Å². The van der Waals surface area contributed by atoms with Crippen LogP contribution in [0.1, 0.15) is 35.4 Å². The van der Waals surface area contributed by atoms with Gasteiger partial charge in [-0.25, -0.2) is 5.01 Å². The Morgan fingerprint density at radius 3 is 2.37 bits per heavy atom. The fourth-order valence-corrected chi connectivity index (χ4v) is 4.31. The molecule has 0 saturated carbocycles. The zero-order valence-corrected chi connectivity index (χ0v) is 15.9. The summed E-state index contributed by atoms with van der Waals surface area (Å²) in [6.07, 6.45) is 0.448. The first-order chi connectivity index (χ1) is 13.2. The highest BCUT2D eigenvalue weighted by molar-refractivity contribution is 6.35. The molecule has 0 fully saturated rings. The van der Waals surface area contributed by atoms with Gasteiger partial charge in [0.15, 0.2) is 0 Å². The van der Waals surface area contributed by atoms with Gasteiger partial charge in [-0.15, -0.1) is 0 Å². The second-order valence-electron chi connectivity index (χ2n) is 6.70. The summed E-state index contributed by atoms with van der Waals surface area (Å²) in [5.41, 5.74) is 4.18. The van der Waals surface area contributed by atoms with Gasteiger partial charge in [-0.3, -0.25) is 0 Å². The molecule has 2 atom stereocenters. The van der Waals surface area contributed by atoms with Crippen molar-refractivity contribution in [1.29, 1.82) is 0 Å². The van der Waals surface area contributed by atoms with Crippen molar-refractivity contribution in [2.45, 2.75) is 18.7 Å². The van der Waals surface area contributed by atoms with Gasteiger partial charge in [-0.2, -0.15) is 5.10 Å². The van der Waals surface area contributed by atoms with E-state index >= 15 is 0 Å². The van der Waals surface area contributed by atoms with Crippen LogP contribution in [0.15, 0.2) is 77.9 Å². The maximum atomic E-state index is 6.48. The third-order valence-electron chi connectivity index (χ3n) is 5.00. The first kappa shape index (κ1) is 16.7. The average Bonchev–Trinajstić information content (AvgIpc) is 3.15. The van der Waals surface area contributed by atoms with Gasteiger partial charge in [0, 0.05) is 22.6 Å². The summed E-state index contributed by atoms with van der Waals surface area (Å²) in [6.45, 7) is 0. The van der Waals surface area contributed by atoms with Crippen LogP contribution in [0.25, 0.3) is 0 Å². The molecule has 3 aromatic carbocycles. The molecule has 0 N–H and O–H groups in total. The summed E-state index contributed by atoms with van der Waals surface area (Å²) in [5, 5.41) is 8.11. The van der Waals surface area contributed by atoms with Gasteiger partial charge in [-0.05, 0) is 17.7 Å². The number of rotatable bonds is 2.